The van der Waals surface area contributed by atoms with Crippen LogP contribution in [0.5, 0.6) is 5.75 Å². The zero-order chi connectivity index (χ0) is 18.4. The SMILES string of the molecule is Cc1ccc(NC(=O)COC(=O)c2ccc(OC(F)F)cc2)cc1Br. The summed E-state index contributed by atoms with van der Waals surface area (Å²) in [5, 5.41) is 2.60. The quantitative estimate of drug-likeness (QED) is 0.722. The summed E-state index contributed by atoms with van der Waals surface area (Å²) >= 11 is 3.36. The highest BCUT2D eigenvalue weighted by atomic mass is 79.9. The Bertz CT molecular complexity index is 766. The van der Waals surface area contributed by atoms with Crippen molar-refractivity contribution in [3.05, 3.63) is 58.1 Å². The lowest BCUT2D eigenvalue weighted by molar-refractivity contribution is -0.119. The zero-order valence-corrected chi connectivity index (χ0v) is 14.7. The molecule has 0 aliphatic heterocycles. The number of aryl methyl sites for hydroxylation is 1. The lowest BCUT2D eigenvalue weighted by atomic mass is 10.2. The van der Waals surface area contributed by atoms with Crippen LogP contribution in [0.1, 0.15) is 15.9 Å². The van der Waals surface area contributed by atoms with Crippen LogP contribution in [0.4, 0.5) is 14.5 Å². The van der Waals surface area contributed by atoms with E-state index < -0.39 is 25.1 Å². The normalized spacial score (nSPS) is 10.4. The van der Waals surface area contributed by atoms with Gasteiger partial charge in [0, 0.05) is 10.2 Å². The summed E-state index contributed by atoms with van der Waals surface area (Å²) in [6.07, 6.45) is 0. The van der Waals surface area contributed by atoms with Crippen molar-refractivity contribution in [3.8, 4) is 5.75 Å². The molecule has 0 aromatic heterocycles. The van der Waals surface area contributed by atoms with Crippen LogP contribution in [0.15, 0.2) is 46.9 Å². The molecule has 25 heavy (non-hydrogen) atoms. The second-order valence-corrected chi connectivity index (χ2v) is 5.85. The van der Waals surface area contributed by atoms with Gasteiger partial charge in [-0.2, -0.15) is 8.78 Å². The minimum Gasteiger partial charge on any atom is -0.452 e. The fourth-order valence-electron chi connectivity index (χ4n) is 1.85. The van der Waals surface area contributed by atoms with E-state index in [2.05, 4.69) is 26.0 Å². The van der Waals surface area contributed by atoms with Crippen LogP contribution in [0.3, 0.4) is 0 Å². The van der Waals surface area contributed by atoms with Crippen molar-refractivity contribution >= 4 is 33.5 Å². The Balaban J connectivity index is 1.86. The molecule has 8 heteroatoms. The van der Waals surface area contributed by atoms with Crippen LogP contribution >= 0.6 is 15.9 Å². The molecular formula is C17H14BrF2NO4. The molecular weight excluding hydrogens is 400 g/mol. The summed E-state index contributed by atoms with van der Waals surface area (Å²) in [4.78, 5) is 23.6. The molecule has 0 bridgehead atoms. The highest BCUT2D eigenvalue weighted by Gasteiger charge is 2.12. The van der Waals surface area contributed by atoms with Gasteiger partial charge in [0.2, 0.25) is 0 Å². The van der Waals surface area contributed by atoms with Gasteiger partial charge in [-0.15, -0.1) is 0 Å². The molecule has 0 fully saturated rings. The molecule has 0 aliphatic carbocycles. The summed E-state index contributed by atoms with van der Waals surface area (Å²) in [7, 11) is 0. The third-order valence-corrected chi connectivity index (χ3v) is 3.96. The number of hydrogen-bond donors (Lipinski definition) is 1. The average Bonchev–Trinajstić information content (AvgIpc) is 2.56. The Morgan fingerprint density at radius 3 is 2.44 bits per heavy atom. The summed E-state index contributed by atoms with van der Waals surface area (Å²) in [6.45, 7) is -1.50. The van der Waals surface area contributed by atoms with Gasteiger partial charge in [0.15, 0.2) is 6.61 Å². The smallest absolute Gasteiger partial charge is 0.387 e. The largest absolute Gasteiger partial charge is 0.452 e. The number of ether oxygens (including phenoxy) is 2. The molecule has 0 atom stereocenters. The van der Waals surface area contributed by atoms with Crippen LogP contribution < -0.4 is 10.1 Å². The predicted octanol–water partition coefficient (Wildman–Crippen LogP) is 4.15. The van der Waals surface area contributed by atoms with Gasteiger partial charge in [-0.3, -0.25) is 4.79 Å². The van der Waals surface area contributed by atoms with E-state index >= 15 is 0 Å². The number of nitrogens with one attached hydrogen (secondary N) is 1. The maximum Gasteiger partial charge on any atom is 0.387 e. The number of halogens is 3. The van der Waals surface area contributed by atoms with Crippen molar-refractivity contribution in [1.82, 2.24) is 0 Å². The number of alkyl halides is 2. The Morgan fingerprint density at radius 1 is 1.16 bits per heavy atom. The van der Waals surface area contributed by atoms with E-state index in [4.69, 9.17) is 4.74 Å². The number of amides is 1. The van der Waals surface area contributed by atoms with Gasteiger partial charge >= 0.3 is 12.6 Å². The fraction of sp³-hybridized carbons (Fsp3) is 0.176. The van der Waals surface area contributed by atoms with Gasteiger partial charge in [-0.1, -0.05) is 22.0 Å². The maximum atomic E-state index is 12.1. The Kier molecular flexibility index (Phi) is 6.46. The highest BCUT2D eigenvalue weighted by Crippen LogP contribution is 2.20. The topological polar surface area (TPSA) is 64.6 Å². The van der Waals surface area contributed by atoms with Crippen LogP contribution in [-0.2, 0) is 9.53 Å². The molecule has 0 saturated heterocycles. The maximum absolute atomic E-state index is 12.1. The van der Waals surface area contributed by atoms with Crippen LogP contribution in [0.2, 0.25) is 0 Å². The van der Waals surface area contributed by atoms with Crippen LogP contribution in [0, 0.1) is 6.92 Å². The molecule has 0 saturated carbocycles. The molecule has 0 spiro atoms. The lowest BCUT2D eigenvalue weighted by Gasteiger charge is -2.08. The van der Waals surface area contributed by atoms with Crippen molar-refractivity contribution in [2.75, 3.05) is 11.9 Å². The zero-order valence-electron chi connectivity index (χ0n) is 13.1. The minimum atomic E-state index is -2.94. The second kappa shape index (κ2) is 8.57. The third kappa shape index (κ3) is 5.82. The van der Waals surface area contributed by atoms with E-state index in [0.29, 0.717) is 5.69 Å². The first kappa shape index (κ1) is 18.9. The highest BCUT2D eigenvalue weighted by molar-refractivity contribution is 9.10. The molecule has 0 radical (unpaired) electrons. The first-order chi connectivity index (χ1) is 11.8. The lowest BCUT2D eigenvalue weighted by Crippen LogP contribution is -2.21. The number of hydrogen-bond acceptors (Lipinski definition) is 4. The van der Waals surface area contributed by atoms with Gasteiger partial charge in [0.05, 0.1) is 5.56 Å². The molecule has 2 rings (SSSR count). The number of carbonyl (C=O) groups is 2. The molecule has 0 unspecified atom stereocenters. The van der Waals surface area contributed by atoms with E-state index in [1.165, 1.54) is 24.3 Å². The van der Waals surface area contributed by atoms with Gasteiger partial charge in [-0.25, -0.2) is 4.79 Å². The number of rotatable bonds is 6. The third-order valence-electron chi connectivity index (χ3n) is 3.11. The molecule has 2 aromatic rings. The Hall–Kier alpha value is -2.48. The monoisotopic (exact) mass is 413 g/mol. The molecule has 0 heterocycles. The summed E-state index contributed by atoms with van der Waals surface area (Å²) in [5.41, 5.74) is 1.70. The van der Waals surface area contributed by atoms with Crippen LogP contribution in [-0.4, -0.2) is 25.1 Å². The van der Waals surface area contributed by atoms with E-state index in [-0.39, 0.29) is 11.3 Å². The van der Waals surface area contributed by atoms with Gasteiger partial charge in [0.25, 0.3) is 5.91 Å². The van der Waals surface area contributed by atoms with Crippen molar-refractivity contribution < 1.29 is 27.8 Å². The van der Waals surface area contributed by atoms with Gasteiger partial charge in [-0.05, 0) is 48.9 Å². The summed E-state index contributed by atoms with van der Waals surface area (Å²) in [5.74, 6) is -1.32. The second-order valence-electron chi connectivity index (χ2n) is 4.99. The predicted molar refractivity (Wildman–Crippen MR) is 90.9 cm³/mol. The fourth-order valence-corrected chi connectivity index (χ4v) is 2.23. The van der Waals surface area contributed by atoms with E-state index in [1.807, 2.05) is 13.0 Å². The minimum absolute atomic E-state index is 0.0748. The van der Waals surface area contributed by atoms with E-state index in [9.17, 15) is 18.4 Å². The first-order valence-electron chi connectivity index (χ1n) is 7.13. The summed E-state index contributed by atoms with van der Waals surface area (Å²) < 4.78 is 34.0. The molecule has 1 amide bonds. The Morgan fingerprint density at radius 2 is 1.84 bits per heavy atom. The molecule has 0 aliphatic rings. The number of benzene rings is 2. The number of anilines is 1. The van der Waals surface area contributed by atoms with Crippen molar-refractivity contribution in [3.63, 3.8) is 0 Å². The van der Waals surface area contributed by atoms with E-state index in [0.717, 1.165) is 10.0 Å². The van der Waals surface area contributed by atoms with Gasteiger partial charge in [0.1, 0.15) is 5.75 Å². The molecule has 2 aromatic carbocycles. The van der Waals surface area contributed by atoms with Crippen molar-refractivity contribution in [1.29, 1.82) is 0 Å². The Labute approximate surface area is 151 Å². The first-order valence-corrected chi connectivity index (χ1v) is 7.92. The van der Waals surface area contributed by atoms with Gasteiger partial charge < -0.3 is 14.8 Å². The average molecular weight is 414 g/mol. The number of carbonyl (C=O) groups excluding carboxylic acids is 2. The molecule has 132 valence electrons. The molecule has 1 N–H and O–H groups in total. The van der Waals surface area contributed by atoms with E-state index in [1.54, 1.807) is 12.1 Å². The number of esters is 1. The van der Waals surface area contributed by atoms with Crippen molar-refractivity contribution in [2.24, 2.45) is 0 Å². The molecule has 5 nitrogen and oxygen atoms in total. The summed E-state index contributed by atoms with van der Waals surface area (Å²) in [6, 6.07) is 10.3. The van der Waals surface area contributed by atoms with Crippen LogP contribution in [0.25, 0.3) is 0 Å². The van der Waals surface area contributed by atoms with Crippen molar-refractivity contribution in [2.45, 2.75) is 13.5 Å². The standard InChI is InChI=1S/C17H14BrF2NO4/c1-10-2-5-12(8-14(10)18)21-15(22)9-24-16(23)11-3-6-13(7-4-11)25-17(19)20/h2-8,17H,9H2,1H3,(H,21,22).